The molecule has 0 saturated heterocycles. The van der Waals surface area contributed by atoms with Gasteiger partial charge < -0.3 is 5.73 Å². The van der Waals surface area contributed by atoms with Crippen LogP contribution in [0, 0.1) is 11.3 Å². The number of sulfonamides is 1. The molecule has 0 heterocycles. The highest BCUT2D eigenvalue weighted by molar-refractivity contribution is 7.89. The predicted molar refractivity (Wildman–Crippen MR) is 60.3 cm³/mol. The molecule has 1 unspecified atom stereocenters. The lowest BCUT2D eigenvalue weighted by Gasteiger charge is -2.16. The minimum absolute atomic E-state index is 0.0717. The molecular formula is C9H19N3O2S. The molecule has 1 atom stereocenters. The summed E-state index contributed by atoms with van der Waals surface area (Å²) in [5.41, 5.74) is 5.37. The third kappa shape index (κ3) is 4.17. The molecule has 1 aliphatic rings. The fourth-order valence-corrected chi connectivity index (χ4v) is 2.92. The zero-order valence-electron chi connectivity index (χ0n) is 8.99. The van der Waals surface area contributed by atoms with Crippen molar-refractivity contribution in [2.45, 2.75) is 38.6 Å². The molecule has 1 aliphatic carbocycles. The largest absolute Gasteiger partial charge is 0.386 e. The van der Waals surface area contributed by atoms with Gasteiger partial charge in [-0.1, -0.05) is 13.3 Å². The van der Waals surface area contributed by atoms with Gasteiger partial charge in [-0.15, -0.1) is 0 Å². The number of rotatable bonds is 7. The highest BCUT2D eigenvalue weighted by Gasteiger charge is 2.35. The maximum atomic E-state index is 11.6. The first-order valence-corrected chi connectivity index (χ1v) is 6.95. The molecule has 0 aromatic rings. The summed E-state index contributed by atoms with van der Waals surface area (Å²) in [7, 11) is -3.26. The van der Waals surface area contributed by atoms with Crippen molar-refractivity contribution in [3.8, 4) is 0 Å². The van der Waals surface area contributed by atoms with E-state index in [1.807, 2.05) is 6.92 Å². The van der Waals surface area contributed by atoms with Crippen LogP contribution in [0.25, 0.3) is 0 Å². The van der Waals surface area contributed by atoms with Crippen LogP contribution in [0.4, 0.5) is 0 Å². The summed E-state index contributed by atoms with van der Waals surface area (Å²) in [6.45, 7) is 1.94. The van der Waals surface area contributed by atoms with Crippen molar-refractivity contribution in [1.82, 2.24) is 4.72 Å². The van der Waals surface area contributed by atoms with E-state index in [-0.39, 0.29) is 17.5 Å². The van der Waals surface area contributed by atoms with Crippen molar-refractivity contribution in [3.05, 3.63) is 0 Å². The molecule has 0 spiro atoms. The quantitative estimate of drug-likeness (QED) is 0.439. The Kier molecular flexibility index (Phi) is 4.10. The van der Waals surface area contributed by atoms with Gasteiger partial charge in [0.1, 0.15) is 5.84 Å². The molecular weight excluding hydrogens is 214 g/mol. The van der Waals surface area contributed by atoms with E-state index in [9.17, 15) is 8.42 Å². The van der Waals surface area contributed by atoms with Crippen LogP contribution in [0.2, 0.25) is 0 Å². The molecule has 1 saturated carbocycles. The standard InChI is InChI=1S/C9H19N3O2S/c1-2-3-6-15(13,14)12-8(9(10)11)7-4-5-7/h7-8,12H,2-6H2,1H3,(H3,10,11). The second-order valence-electron chi connectivity index (χ2n) is 4.06. The second kappa shape index (κ2) is 4.94. The van der Waals surface area contributed by atoms with E-state index < -0.39 is 16.1 Å². The van der Waals surface area contributed by atoms with Crippen LogP contribution in [0.15, 0.2) is 0 Å². The van der Waals surface area contributed by atoms with Gasteiger partial charge in [-0.2, -0.15) is 0 Å². The molecule has 0 aromatic heterocycles. The lowest BCUT2D eigenvalue weighted by atomic mass is 10.2. The van der Waals surface area contributed by atoms with Crippen LogP contribution in [0.3, 0.4) is 0 Å². The van der Waals surface area contributed by atoms with Gasteiger partial charge in [0, 0.05) is 0 Å². The van der Waals surface area contributed by atoms with E-state index in [2.05, 4.69) is 4.72 Å². The van der Waals surface area contributed by atoms with Crippen LogP contribution in [0.5, 0.6) is 0 Å². The molecule has 0 bridgehead atoms. The van der Waals surface area contributed by atoms with Crippen LogP contribution in [-0.4, -0.2) is 26.0 Å². The van der Waals surface area contributed by atoms with Crippen molar-refractivity contribution in [2.75, 3.05) is 5.75 Å². The van der Waals surface area contributed by atoms with E-state index in [1.54, 1.807) is 0 Å². The van der Waals surface area contributed by atoms with Gasteiger partial charge in [-0.3, -0.25) is 5.41 Å². The Balaban J connectivity index is 2.53. The summed E-state index contributed by atoms with van der Waals surface area (Å²) in [4.78, 5) is 0. The Morgan fingerprint density at radius 1 is 1.60 bits per heavy atom. The van der Waals surface area contributed by atoms with Crippen molar-refractivity contribution < 1.29 is 8.42 Å². The highest BCUT2D eigenvalue weighted by atomic mass is 32.2. The van der Waals surface area contributed by atoms with E-state index >= 15 is 0 Å². The van der Waals surface area contributed by atoms with Crippen molar-refractivity contribution in [1.29, 1.82) is 5.41 Å². The summed E-state index contributed by atoms with van der Waals surface area (Å²) < 4.78 is 25.7. The molecule has 4 N–H and O–H groups in total. The molecule has 6 heteroatoms. The summed E-state index contributed by atoms with van der Waals surface area (Å²) in [6.07, 6.45) is 3.40. The third-order valence-corrected chi connectivity index (χ3v) is 3.94. The topological polar surface area (TPSA) is 96.0 Å². The number of nitrogens with one attached hydrogen (secondary N) is 2. The number of hydrogen-bond acceptors (Lipinski definition) is 3. The van der Waals surface area contributed by atoms with E-state index in [1.165, 1.54) is 0 Å². The minimum atomic E-state index is -3.26. The Labute approximate surface area is 91.0 Å². The minimum Gasteiger partial charge on any atom is -0.386 e. The smallest absolute Gasteiger partial charge is 0.212 e. The maximum absolute atomic E-state index is 11.6. The van der Waals surface area contributed by atoms with Gasteiger partial charge in [0.25, 0.3) is 0 Å². The van der Waals surface area contributed by atoms with E-state index in [4.69, 9.17) is 11.1 Å². The molecule has 5 nitrogen and oxygen atoms in total. The first-order valence-electron chi connectivity index (χ1n) is 5.30. The zero-order valence-corrected chi connectivity index (χ0v) is 9.81. The van der Waals surface area contributed by atoms with Crippen LogP contribution < -0.4 is 10.5 Å². The van der Waals surface area contributed by atoms with Crippen LogP contribution in [0.1, 0.15) is 32.6 Å². The van der Waals surface area contributed by atoms with Crippen molar-refractivity contribution in [2.24, 2.45) is 11.7 Å². The van der Waals surface area contributed by atoms with Crippen LogP contribution >= 0.6 is 0 Å². The highest BCUT2D eigenvalue weighted by Crippen LogP contribution is 2.32. The van der Waals surface area contributed by atoms with Crippen molar-refractivity contribution in [3.63, 3.8) is 0 Å². The van der Waals surface area contributed by atoms with Gasteiger partial charge in [-0.25, -0.2) is 13.1 Å². The number of amidine groups is 1. The summed E-state index contributed by atoms with van der Waals surface area (Å²) in [5, 5.41) is 7.33. The first-order chi connectivity index (χ1) is 6.96. The fourth-order valence-electron chi connectivity index (χ4n) is 1.43. The molecule has 0 aliphatic heterocycles. The predicted octanol–water partition coefficient (Wildman–Crippen LogP) is 0.420. The van der Waals surface area contributed by atoms with Crippen molar-refractivity contribution >= 4 is 15.9 Å². The molecule has 0 aromatic carbocycles. The Hall–Kier alpha value is -0.620. The van der Waals surface area contributed by atoms with Gasteiger partial charge in [0.15, 0.2) is 0 Å². The molecule has 15 heavy (non-hydrogen) atoms. The molecule has 0 radical (unpaired) electrons. The molecule has 1 fully saturated rings. The number of nitrogens with two attached hydrogens (primary N) is 1. The number of unbranched alkanes of at least 4 members (excludes halogenated alkanes) is 1. The average molecular weight is 233 g/mol. The normalized spacial score (nSPS) is 18.7. The summed E-state index contributed by atoms with van der Waals surface area (Å²) in [6, 6.07) is -0.480. The lowest BCUT2D eigenvalue weighted by molar-refractivity contribution is 0.560. The fraction of sp³-hybridized carbons (Fsp3) is 0.889. The lowest BCUT2D eigenvalue weighted by Crippen LogP contribution is -2.46. The Bertz CT molecular complexity index is 322. The number of hydrogen-bond donors (Lipinski definition) is 3. The van der Waals surface area contributed by atoms with E-state index in [0.29, 0.717) is 6.42 Å². The van der Waals surface area contributed by atoms with Gasteiger partial charge in [0.05, 0.1) is 11.8 Å². The summed E-state index contributed by atoms with van der Waals surface area (Å²) in [5.74, 6) is 0.288. The van der Waals surface area contributed by atoms with E-state index in [0.717, 1.165) is 19.3 Å². The van der Waals surface area contributed by atoms with Gasteiger partial charge in [0.2, 0.25) is 10.0 Å². The van der Waals surface area contributed by atoms with Gasteiger partial charge in [-0.05, 0) is 25.2 Å². The SMILES string of the molecule is CCCCS(=O)(=O)NC(C(=N)N)C1CC1. The van der Waals surface area contributed by atoms with Crippen LogP contribution in [-0.2, 0) is 10.0 Å². The molecule has 88 valence electrons. The molecule has 0 amide bonds. The van der Waals surface area contributed by atoms with Gasteiger partial charge >= 0.3 is 0 Å². The monoisotopic (exact) mass is 233 g/mol. The Morgan fingerprint density at radius 3 is 2.60 bits per heavy atom. The average Bonchev–Trinajstić information content (AvgIpc) is 2.94. The first kappa shape index (κ1) is 12.4. The Morgan fingerprint density at radius 2 is 2.20 bits per heavy atom. The molecule has 1 rings (SSSR count). The summed E-state index contributed by atoms with van der Waals surface area (Å²) >= 11 is 0. The zero-order chi connectivity index (χ0) is 11.5. The maximum Gasteiger partial charge on any atom is 0.212 e. The second-order valence-corrected chi connectivity index (χ2v) is 5.93. The third-order valence-electron chi connectivity index (χ3n) is 2.50.